The van der Waals surface area contributed by atoms with Crippen LogP contribution in [0.3, 0.4) is 0 Å². The Labute approximate surface area is 152 Å². The van der Waals surface area contributed by atoms with Gasteiger partial charge in [-0.3, -0.25) is 0 Å². The van der Waals surface area contributed by atoms with Crippen molar-refractivity contribution >= 4 is 24.3 Å². The van der Waals surface area contributed by atoms with Gasteiger partial charge in [-0.05, 0) is 37.5 Å². The van der Waals surface area contributed by atoms with Crippen molar-refractivity contribution in [3.8, 4) is 0 Å². The zero-order valence-electron chi connectivity index (χ0n) is 13.6. The first-order valence-electron chi connectivity index (χ1n) is 7.50. The summed E-state index contributed by atoms with van der Waals surface area (Å²) in [6.45, 7) is 9.81. The van der Waals surface area contributed by atoms with Crippen LogP contribution >= 0.6 is 18.6 Å². The summed E-state index contributed by atoms with van der Waals surface area (Å²) in [5.41, 5.74) is 5.37. The number of fused-ring (bicyclic) bond motifs is 1. The molecule has 22 heavy (non-hydrogen) atoms. The number of hydrogen-bond donors (Lipinski definition) is 0. The molecule has 1 aliphatic heterocycles. The third kappa shape index (κ3) is 4.04. The van der Waals surface area contributed by atoms with Crippen LogP contribution in [0.25, 0.3) is 5.32 Å². The third-order valence-corrected chi connectivity index (χ3v) is 4.27. The average molecular weight is 370 g/mol. The molecule has 0 spiro atoms. The standard InChI is InChI=1S/C18H21N.2ClH.Ti/c1-11-8-15-6-5-7-19-18(15)16(9-11)17-13(3)10-12(2)14(17)4;;;/h8-10H,5-7H2,1-4H3;2*1H;/q-1;;;+2/p-2. The van der Waals surface area contributed by atoms with Gasteiger partial charge in [0.15, 0.2) is 0 Å². The fourth-order valence-corrected chi connectivity index (χ4v) is 3.29. The molecule has 1 nitrogen and oxygen atoms in total. The van der Waals surface area contributed by atoms with Crippen molar-refractivity contribution < 1.29 is 17.0 Å². The molecule has 0 N–H and O–H groups in total. The van der Waals surface area contributed by atoms with Crippen molar-refractivity contribution in [3.05, 3.63) is 64.2 Å². The molecule has 1 aliphatic carbocycles. The van der Waals surface area contributed by atoms with E-state index in [2.05, 4.69) is 46.2 Å². The van der Waals surface area contributed by atoms with Gasteiger partial charge < -0.3 is 5.32 Å². The molecule has 1 aromatic rings. The van der Waals surface area contributed by atoms with E-state index in [-0.39, 0.29) is 0 Å². The fraction of sp³-hybridized carbons (Fsp3) is 0.389. The van der Waals surface area contributed by atoms with Crippen LogP contribution in [-0.4, -0.2) is 6.54 Å². The Balaban J connectivity index is 0.000000545. The number of hydrogen-bond acceptors (Lipinski definition) is 0. The summed E-state index contributed by atoms with van der Waals surface area (Å²) in [5, 5.41) is 4.80. The molecule has 4 heteroatoms. The molecule has 0 bridgehead atoms. The average Bonchev–Trinajstić information content (AvgIpc) is 2.72. The van der Waals surface area contributed by atoms with Crippen molar-refractivity contribution in [1.82, 2.24) is 0 Å². The summed E-state index contributed by atoms with van der Waals surface area (Å²) in [7, 11) is 9.78. The molecule has 0 saturated heterocycles. The van der Waals surface area contributed by atoms with E-state index < -0.39 is 17.0 Å². The second-order valence-electron chi connectivity index (χ2n) is 5.89. The Kier molecular flexibility index (Phi) is 7.14. The first-order chi connectivity index (χ1) is 10.5. The van der Waals surface area contributed by atoms with Crippen molar-refractivity contribution in [1.29, 1.82) is 0 Å². The van der Waals surface area contributed by atoms with Gasteiger partial charge >= 0.3 is 35.6 Å². The van der Waals surface area contributed by atoms with E-state index in [1.807, 2.05) is 0 Å². The number of nitrogens with zero attached hydrogens (tertiary/aromatic N) is 1. The van der Waals surface area contributed by atoms with E-state index in [1.165, 1.54) is 58.9 Å². The molecule has 1 aromatic carbocycles. The van der Waals surface area contributed by atoms with Crippen molar-refractivity contribution in [2.75, 3.05) is 6.54 Å². The quantitative estimate of drug-likeness (QED) is 0.519. The van der Waals surface area contributed by atoms with Crippen LogP contribution in [0.5, 0.6) is 0 Å². The van der Waals surface area contributed by atoms with Crippen LogP contribution in [-0.2, 0) is 23.5 Å². The summed E-state index contributed by atoms with van der Waals surface area (Å²) in [6, 6.07) is 4.62. The molecular formula is C18H21Cl2NTi-. The van der Waals surface area contributed by atoms with Crippen LogP contribution in [0.15, 0.2) is 12.1 Å². The summed E-state index contributed by atoms with van der Waals surface area (Å²) in [4.78, 5) is 0. The monoisotopic (exact) mass is 369 g/mol. The second-order valence-corrected chi connectivity index (χ2v) is 8.47. The fourth-order valence-electron chi connectivity index (χ4n) is 3.29. The van der Waals surface area contributed by atoms with Crippen molar-refractivity contribution in [3.63, 3.8) is 0 Å². The molecular weight excluding hydrogens is 349 g/mol. The van der Waals surface area contributed by atoms with Crippen LogP contribution < -0.4 is 0 Å². The van der Waals surface area contributed by atoms with Gasteiger partial charge in [-0.25, -0.2) is 0 Å². The maximum absolute atomic E-state index is 4.89. The molecule has 5 radical (unpaired) electrons. The SMILES string of the molecule is C[C]1[CH][C](C)[C](c2cc(C)cc3c2[N-]CCC3)[C]1C.[Cl][Ti][Cl]. The van der Waals surface area contributed by atoms with Crippen LogP contribution in [0.1, 0.15) is 43.9 Å². The van der Waals surface area contributed by atoms with Crippen LogP contribution in [0.2, 0.25) is 0 Å². The van der Waals surface area contributed by atoms with Gasteiger partial charge in [-0.1, -0.05) is 56.0 Å². The zero-order chi connectivity index (χ0) is 16.3. The Morgan fingerprint density at radius 2 is 1.73 bits per heavy atom. The summed E-state index contributed by atoms with van der Waals surface area (Å²) < 4.78 is 0. The first-order valence-corrected chi connectivity index (χ1v) is 11.8. The first kappa shape index (κ1) is 18.7. The minimum atomic E-state index is -0.556. The Hall–Kier alpha value is 0.314. The van der Waals surface area contributed by atoms with Crippen molar-refractivity contribution in [2.24, 2.45) is 0 Å². The van der Waals surface area contributed by atoms with E-state index >= 15 is 0 Å². The Morgan fingerprint density at radius 1 is 1.05 bits per heavy atom. The molecule has 1 fully saturated rings. The van der Waals surface area contributed by atoms with E-state index in [9.17, 15) is 0 Å². The topological polar surface area (TPSA) is 14.1 Å². The molecule has 0 aromatic heterocycles. The van der Waals surface area contributed by atoms with Crippen LogP contribution in [0, 0.1) is 37.0 Å². The molecule has 117 valence electrons. The van der Waals surface area contributed by atoms with E-state index in [0.717, 1.165) is 6.54 Å². The molecule has 0 atom stereocenters. The van der Waals surface area contributed by atoms with Gasteiger partial charge in [-0.15, -0.1) is 12.2 Å². The Bertz CT molecular complexity index is 506. The molecule has 2 aliphatic rings. The Morgan fingerprint density at radius 3 is 2.32 bits per heavy atom. The summed E-state index contributed by atoms with van der Waals surface area (Å²) in [5.74, 6) is 5.58. The molecule has 0 unspecified atom stereocenters. The van der Waals surface area contributed by atoms with Crippen molar-refractivity contribution in [2.45, 2.75) is 40.5 Å². The molecule has 1 heterocycles. The predicted octanol–water partition coefficient (Wildman–Crippen LogP) is 6.25. The normalized spacial score (nSPS) is 20.1. The number of rotatable bonds is 1. The van der Waals surface area contributed by atoms with Crippen LogP contribution in [0.4, 0.5) is 5.69 Å². The molecule has 3 rings (SSSR count). The van der Waals surface area contributed by atoms with E-state index in [4.69, 9.17) is 23.9 Å². The summed E-state index contributed by atoms with van der Waals surface area (Å²) in [6.07, 6.45) is 4.65. The number of halogens is 2. The number of aryl methyl sites for hydroxylation is 2. The predicted molar refractivity (Wildman–Crippen MR) is 92.5 cm³/mol. The molecule has 1 saturated carbocycles. The molecule has 0 amide bonds. The van der Waals surface area contributed by atoms with Gasteiger partial charge in [0, 0.05) is 5.92 Å². The van der Waals surface area contributed by atoms with Gasteiger partial charge in [0.2, 0.25) is 0 Å². The van der Waals surface area contributed by atoms with Gasteiger partial charge in [0.1, 0.15) is 0 Å². The maximum atomic E-state index is 4.89. The zero-order valence-corrected chi connectivity index (χ0v) is 16.6. The van der Waals surface area contributed by atoms with Gasteiger partial charge in [0.25, 0.3) is 0 Å². The van der Waals surface area contributed by atoms with E-state index in [1.54, 1.807) is 0 Å². The minimum absolute atomic E-state index is 0.556. The third-order valence-electron chi connectivity index (χ3n) is 4.27. The van der Waals surface area contributed by atoms with Gasteiger partial charge in [-0.2, -0.15) is 0 Å². The van der Waals surface area contributed by atoms with Gasteiger partial charge in [0.05, 0.1) is 0 Å². The second kappa shape index (κ2) is 8.42. The summed E-state index contributed by atoms with van der Waals surface area (Å²) >= 11 is -0.556. The van der Waals surface area contributed by atoms with E-state index in [0.29, 0.717) is 0 Å². The number of benzene rings is 1.